The standard InChI is InChI=1S/C27H30N2O3/c1-3-4-19-5-9-22(10-6-19)29(2)23-11-12-24-20(14-16-32-26(24)17-23)7-8-21-18-28-15-13-25(21)27(30)31/h5-6,9-13,15,17-18,20H,3-4,7-8,14,16H2,1-2H3,(H,30,31)/t20-/m1/s1. The summed E-state index contributed by atoms with van der Waals surface area (Å²) in [6, 6.07) is 16.7. The fourth-order valence-corrected chi connectivity index (χ4v) is 4.45. The lowest BCUT2D eigenvalue weighted by Crippen LogP contribution is -2.17. The second-order valence-electron chi connectivity index (χ2n) is 8.41. The van der Waals surface area contributed by atoms with Gasteiger partial charge < -0.3 is 14.7 Å². The van der Waals surface area contributed by atoms with Gasteiger partial charge in [0.1, 0.15) is 5.75 Å². The third kappa shape index (κ3) is 4.77. The van der Waals surface area contributed by atoms with Gasteiger partial charge in [-0.3, -0.25) is 4.98 Å². The van der Waals surface area contributed by atoms with Crippen LogP contribution in [0.1, 0.15) is 59.2 Å². The van der Waals surface area contributed by atoms with Crippen LogP contribution in [0.3, 0.4) is 0 Å². The molecule has 0 spiro atoms. The second kappa shape index (κ2) is 9.86. The molecule has 1 atom stereocenters. The highest BCUT2D eigenvalue weighted by molar-refractivity contribution is 5.89. The third-order valence-electron chi connectivity index (χ3n) is 6.31. The van der Waals surface area contributed by atoms with Crippen molar-refractivity contribution in [2.45, 2.75) is 44.9 Å². The molecule has 0 amide bonds. The number of pyridine rings is 1. The second-order valence-corrected chi connectivity index (χ2v) is 8.41. The predicted octanol–water partition coefficient (Wildman–Crippen LogP) is 6.00. The van der Waals surface area contributed by atoms with E-state index in [1.165, 1.54) is 17.3 Å². The summed E-state index contributed by atoms with van der Waals surface area (Å²) in [5.41, 5.74) is 5.93. The zero-order valence-corrected chi connectivity index (χ0v) is 18.8. The lowest BCUT2D eigenvalue weighted by Gasteiger charge is -2.28. The molecule has 5 heteroatoms. The van der Waals surface area contributed by atoms with Gasteiger partial charge in [-0.1, -0.05) is 31.5 Å². The number of aromatic nitrogens is 1. The van der Waals surface area contributed by atoms with Crippen LogP contribution in [0.25, 0.3) is 0 Å². The molecule has 5 nitrogen and oxygen atoms in total. The summed E-state index contributed by atoms with van der Waals surface area (Å²) >= 11 is 0. The van der Waals surface area contributed by atoms with E-state index in [4.69, 9.17) is 4.74 Å². The summed E-state index contributed by atoms with van der Waals surface area (Å²) in [5, 5.41) is 9.43. The van der Waals surface area contributed by atoms with Crippen LogP contribution < -0.4 is 9.64 Å². The Hall–Kier alpha value is -3.34. The van der Waals surface area contributed by atoms with Crippen molar-refractivity contribution in [3.05, 3.63) is 83.2 Å². The minimum atomic E-state index is -0.898. The molecule has 4 rings (SSSR count). The van der Waals surface area contributed by atoms with Crippen molar-refractivity contribution in [3.63, 3.8) is 0 Å². The van der Waals surface area contributed by atoms with Crippen LogP contribution in [0.2, 0.25) is 0 Å². The van der Waals surface area contributed by atoms with Gasteiger partial charge >= 0.3 is 5.97 Å². The molecule has 0 saturated heterocycles. The third-order valence-corrected chi connectivity index (χ3v) is 6.31. The number of carboxylic acids is 1. The van der Waals surface area contributed by atoms with E-state index in [-0.39, 0.29) is 0 Å². The largest absolute Gasteiger partial charge is 0.493 e. The zero-order valence-electron chi connectivity index (χ0n) is 18.8. The summed E-state index contributed by atoms with van der Waals surface area (Å²) in [4.78, 5) is 17.8. The Labute approximate surface area is 189 Å². The normalized spacial score (nSPS) is 15.0. The van der Waals surface area contributed by atoms with Gasteiger partial charge in [0.25, 0.3) is 0 Å². The van der Waals surface area contributed by atoms with Crippen molar-refractivity contribution >= 4 is 17.3 Å². The van der Waals surface area contributed by atoms with Crippen LogP contribution in [0.4, 0.5) is 11.4 Å². The first kappa shape index (κ1) is 21.9. The van der Waals surface area contributed by atoms with E-state index in [0.717, 1.165) is 48.4 Å². The molecule has 1 aliphatic heterocycles. The van der Waals surface area contributed by atoms with Gasteiger partial charge in [-0.25, -0.2) is 4.79 Å². The topological polar surface area (TPSA) is 62.7 Å². The summed E-state index contributed by atoms with van der Waals surface area (Å²) < 4.78 is 6.01. The average Bonchev–Trinajstić information content (AvgIpc) is 2.82. The van der Waals surface area contributed by atoms with Crippen LogP contribution in [-0.4, -0.2) is 29.7 Å². The van der Waals surface area contributed by atoms with E-state index >= 15 is 0 Å². The number of nitrogens with zero attached hydrogens (tertiary/aromatic N) is 2. The molecule has 0 fully saturated rings. The SMILES string of the molecule is CCCc1ccc(N(C)c2ccc3c(c2)OCC[C@H]3CCc2cnccc2C(=O)O)cc1. The van der Waals surface area contributed by atoms with E-state index in [2.05, 4.69) is 66.3 Å². The Morgan fingerprint density at radius 3 is 2.66 bits per heavy atom. The number of fused-ring (bicyclic) bond motifs is 1. The minimum absolute atomic E-state index is 0.341. The maximum absolute atomic E-state index is 11.5. The molecule has 1 aliphatic rings. The molecule has 0 radical (unpaired) electrons. The molecule has 2 aromatic carbocycles. The van der Waals surface area contributed by atoms with Crippen molar-refractivity contribution in [2.24, 2.45) is 0 Å². The number of hydrogen-bond acceptors (Lipinski definition) is 4. The molecule has 0 aliphatic carbocycles. The molecular weight excluding hydrogens is 400 g/mol. The lowest BCUT2D eigenvalue weighted by atomic mass is 9.87. The first-order valence-corrected chi connectivity index (χ1v) is 11.3. The van der Waals surface area contributed by atoms with Crippen molar-refractivity contribution in [1.29, 1.82) is 0 Å². The Bertz CT molecular complexity index is 1080. The number of rotatable bonds is 8. The molecular formula is C27H30N2O3. The van der Waals surface area contributed by atoms with Crippen molar-refractivity contribution in [1.82, 2.24) is 4.98 Å². The number of ether oxygens (including phenoxy) is 1. The Morgan fingerprint density at radius 2 is 1.91 bits per heavy atom. The van der Waals surface area contributed by atoms with E-state index < -0.39 is 5.97 Å². The molecule has 0 bridgehead atoms. The highest BCUT2D eigenvalue weighted by atomic mass is 16.5. The van der Waals surface area contributed by atoms with Crippen LogP contribution in [0.15, 0.2) is 60.9 Å². The molecule has 0 unspecified atom stereocenters. The number of aromatic carboxylic acids is 1. The molecule has 32 heavy (non-hydrogen) atoms. The minimum Gasteiger partial charge on any atom is -0.493 e. The van der Waals surface area contributed by atoms with Crippen LogP contribution in [0, 0.1) is 0 Å². The summed E-state index contributed by atoms with van der Waals surface area (Å²) in [5.74, 6) is 0.372. The first-order valence-electron chi connectivity index (χ1n) is 11.3. The molecule has 1 N–H and O–H groups in total. The van der Waals surface area contributed by atoms with Crippen molar-refractivity contribution < 1.29 is 14.6 Å². The summed E-state index contributed by atoms with van der Waals surface area (Å²) in [6.45, 7) is 2.87. The van der Waals surface area contributed by atoms with Gasteiger partial charge in [0.05, 0.1) is 12.2 Å². The fraction of sp³-hybridized carbons (Fsp3) is 0.333. The molecule has 166 valence electrons. The Morgan fingerprint density at radius 1 is 1.12 bits per heavy atom. The number of anilines is 2. The van der Waals surface area contributed by atoms with Gasteiger partial charge in [-0.15, -0.1) is 0 Å². The Balaban J connectivity index is 1.49. The average molecular weight is 431 g/mol. The number of carbonyl (C=O) groups is 1. The first-order chi connectivity index (χ1) is 15.6. The van der Waals surface area contributed by atoms with Gasteiger partial charge in [-0.2, -0.15) is 0 Å². The zero-order chi connectivity index (χ0) is 22.5. The van der Waals surface area contributed by atoms with Crippen LogP contribution in [-0.2, 0) is 12.8 Å². The number of aryl methyl sites for hydroxylation is 2. The van der Waals surface area contributed by atoms with E-state index in [1.54, 1.807) is 12.3 Å². The van der Waals surface area contributed by atoms with Gasteiger partial charge in [0.15, 0.2) is 0 Å². The Kier molecular flexibility index (Phi) is 6.74. The highest BCUT2D eigenvalue weighted by Gasteiger charge is 2.23. The summed E-state index contributed by atoms with van der Waals surface area (Å²) in [7, 11) is 2.08. The van der Waals surface area contributed by atoms with E-state index in [9.17, 15) is 9.90 Å². The molecule has 1 aromatic heterocycles. The molecule has 3 aromatic rings. The smallest absolute Gasteiger partial charge is 0.336 e. The number of hydrogen-bond donors (Lipinski definition) is 1. The fourth-order valence-electron chi connectivity index (χ4n) is 4.45. The van der Waals surface area contributed by atoms with Gasteiger partial charge in [-0.05, 0) is 72.6 Å². The van der Waals surface area contributed by atoms with Gasteiger partial charge in [0.2, 0.25) is 0 Å². The maximum Gasteiger partial charge on any atom is 0.336 e. The van der Waals surface area contributed by atoms with E-state index in [0.29, 0.717) is 24.5 Å². The molecule has 0 saturated carbocycles. The lowest BCUT2D eigenvalue weighted by molar-refractivity contribution is 0.0695. The van der Waals surface area contributed by atoms with Gasteiger partial charge in [0, 0.05) is 36.9 Å². The van der Waals surface area contributed by atoms with Crippen molar-refractivity contribution in [3.8, 4) is 5.75 Å². The van der Waals surface area contributed by atoms with Crippen LogP contribution in [0.5, 0.6) is 5.75 Å². The predicted molar refractivity (Wildman–Crippen MR) is 127 cm³/mol. The van der Waals surface area contributed by atoms with Crippen molar-refractivity contribution in [2.75, 3.05) is 18.6 Å². The monoisotopic (exact) mass is 430 g/mol. The quantitative estimate of drug-likeness (QED) is 0.475. The highest BCUT2D eigenvalue weighted by Crippen LogP contribution is 2.39. The summed E-state index contributed by atoms with van der Waals surface area (Å²) in [6.07, 6.45) is 7.95. The van der Waals surface area contributed by atoms with E-state index in [1.807, 2.05) is 0 Å². The number of carboxylic acid groups (broad SMARTS) is 1. The molecule has 2 heterocycles. The maximum atomic E-state index is 11.5. The number of benzene rings is 2. The van der Waals surface area contributed by atoms with Crippen LogP contribution >= 0.6 is 0 Å².